The van der Waals surface area contributed by atoms with E-state index in [-0.39, 0.29) is 12.4 Å². The summed E-state index contributed by atoms with van der Waals surface area (Å²) in [7, 11) is 2.19. The molecule has 4 atom stereocenters. The SMILES string of the molecule is CN[C@]12CCC[C@H]1[C@H]1CC[C@H]2C1.Cl. The first-order valence-corrected chi connectivity index (χ1v) is 5.56. The largest absolute Gasteiger partial charge is 0.314 e. The second kappa shape index (κ2) is 3.13. The average molecular weight is 202 g/mol. The summed E-state index contributed by atoms with van der Waals surface area (Å²) in [5.41, 5.74) is 0.614. The second-order valence-corrected chi connectivity index (χ2v) is 5.06. The van der Waals surface area contributed by atoms with Crippen LogP contribution in [-0.4, -0.2) is 12.6 Å². The van der Waals surface area contributed by atoms with Gasteiger partial charge in [-0.3, -0.25) is 0 Å². The minimum absolute atomic E-state index is 0. The summed E-state index contributed by atoms with van der Waals surface area (Å²) >= 11 is 0. The lowest BCUT2D eigenvalue weighted by Gasteiger charge is -2.39. The zero-order valence-electron chi connectivity index (χ0n) is 8.38. The third-order valence-electron chi connectivity index (χ3n) is 5.00. The van der Waals surface area contributed by atoms with E-state index in [0.717, 1.165) is 17.8 Å². The number of nitrogens with one attached hydrogen (secondary N) is 1. The molecule has 3 rings (SSSR count). The van der Waals surface area contributed by atoms with Crippen molar-refractivity contribution in [1.82, 2.24) is 5.32 Å². The Morgan fingerprint density at radius 1 is 1.23 bits per heavy atom. The molecule has 1 N–H and O–H groups in total. The van der Waals surface area contributed by atoms with E-state index in [0.29, 0.717) is 5.54 Å². The van der Waals surface area contributed by atoms with Crippen molar-refractivity contribution in [2.45, 2.75) is 44.1 Å². The van der Waals surface area contributed by atoms with Gasteiger partial charge < -0.3 is 5.32 Å². The summed E-state index contributed by atoms with van der Waals surface area (Å²) in [4.78, 5) is 0. The predicted octanol–water partition coefficient (Wildman–Crippen LogP) is 2.60. The van der Waals surface area contributed by atoms with Crippen LogP contribution in [0.1, 0.15) is 38.5 Å². The van der Waals surface area contributed by atoms with Crippen molar-refractivity contribution < 1.29 is 0 Å². The van der Waals surface area contributed by atoms with Crippen LogP contribution in [0.3, 0.4) is 0 Å². The molecule has 76 valence electrons. The minimum atomic E-state index is 0. The molecule has 2 heteroatoms. The van der Waals surface area contributed by atoms with E-state index in [9.17, 15) is 0 Å². The zero-order valence-corrected chi connectivity index (χ0v) is 9.20. The molecule has 0 aromatic carbocycles. The maximum atomic E-state index is 3.67. The lowest BCUT2D eigenvalue weighted by Crippen LogP contribution is -2.50. The third kappa shape index (κ3) is 1.04. The van der Waals surface area contributed by atoms with Crippen molar-refractivity contribution in [3.8, 4) is 0 Å². The zero-order chi connectivity index (χ0) is 8.18. The molecule has 0 saturated heterocycles. The molecule has 0 aliphatic heterocycles. The molecule has 2 bridgehead atoms. The van der Waals surface area contributed by atoms with Gasteiger partial charge in [-0.1, -0.05) is 6.42 Å². The van der Waals surface area contributed by atoms with Gasteiger partial charge in [0.05, 0.1) is 0 Å². The maximum absolute atomic E-state index is 3.67. The topological polar surface area (TPSA) is 12.0 Å². The molecule has 3 aliphatic rings. The van der Waals surface area contributed by atoms with Crippen molar-refractivity contribution in [3.05, 3.63) is 0 Å². The Balaban J connectivity index is 0.000000653. The van der Waals surface area contributed by atoms with E-state index in [1.165, 1.54) is 25.7 Å². The van der Waals surface area contributed by atoms with Crippen molar-refractivity contribution in [3.63, 3.8) is 0 Å². The van der Waals surface area contributed by atoms with E-state index < -0.39 is 0 Å². The first-order valence-electron chi connectivity index (χ1n) is 5.56. The Morgan fingerprint density at radius 3 is 2.77 bits per heavy atom. The quantitative estimate of drug-likeness (QED) is 0.688. The highest BCUT2D eigenvalue weighted by Crippen LogP contribution is 2.60. The maximum Gasteiger partial charge on any atom is 0.0237 e. The van der Waals surface area contributed by atoms with Crippen LogP contribution >= 0.6 is 12.4 Å². The monoisotopic (exact) mass is 201 g/mol. The van der Waals surface area contributed by atoms with Crippen LogP contribution in [0, 0.1) is 17.8 Å². The number of rotatable bonds is 1. The lowest BCUT2D eigenvalue weighted by atomic mass is 9.75. The van der Waals surface area contributed by atoms with Gasteiger partial charge in [-0.2, -0.15) is 0 Å². The standard InChI is InChI=1S/C11H19N.ClH/c1-12-11-6-2-3-10(11)8-4-5-9(11)7-8;/h8-10,12H,2-7H2,1H3;1H/t8-,9-,10-,11-;/m0./s1. The van der Waals surface area contributed by atoms with Gasteiger partial charge in [-0.25, -0.2) is 0 Å². The Bertz CT molecular complexity index is 206. The summed E-state index contributed by atoms with van der Waals surface area (Å²) in [6.45, 7) is 0. The van der Waals surface area contributed by atoms with Crippen molar-refractivity contribution in [2.24, 2.45) is 17.8 Å². The summed E-state index contributed by atoms with van der Waals surface area (Å²) in [5.74, 6) is 3.20. The number of fused-ring (bicyclic) bond motifs is 5. The summed E-state index contributed by atoms with van der Waals surface area (Å²) < 4.78 is 0. The van der Waals surface area contributed by atoms with Gasteiger partial charge >= 0.3 is 0 Å². The fraction of sp³-hybridized carbons (Fsp3) is 1.00. The highest BCUT2D eigenvalue weighted by atomic mass is 35.5. The predicted molar refractivity (Wildman–Crippen MR) is 57.2 cm³/mol. The lowest BCUT2D eigenvalue weighted by molar-refractivity contribution is 0.170. The van der Waals surface area contributed by atoms with Gasteiger partial charge in [0.1, 0.15) is 0 Å². The molecule has 3 fully saturated rings. The molecule has 13 heavy (non-hydrogen) atoms. The molecule has 0 radical (unpaired) electrons. The van der Waals surface area contributed by atoms with Gasteiger partial charge in [0, 0.05) is 5.54 Å². The molecule has 0 spiro atoms. The molecule has 3 aliphatic carbocycles. The Morgan fingerprint density at radius 2 is 2.08 bits per heavy atom. The average Bonchev–Trinajstić information content (AvgIpc) is 2.76. The van der Waals surface area contributed by atoms with Crippen molar-refractivity contribution in [1.29, 1.82) is 0 Å². The molecule has 0 unspecified atom stereocenters. The second-order valence-electron chi connectivity index (χ2n) is 5.06. The molecule has 0 heterocycles. The molecular weight excluding hydrogens is 182 g/mol. The van der Waals surface area contributed by atoms with Crippen LogP contribution in [0.15, 0.2) is 0 Å². The van der Waals surface area contributed by atoms with E-state index in [4.69, 9.17) is 0 Å². The molecule has 3 saturated carbocycles. The van der Waals surface area contributed by atoms with Gasteiger partial charge in [0.2, 0.25) is 0 Å². The summed E-state index contributed by atoms with van der Waals surface area (Å²) in [6.07, 6.45) is 9.07. The van der Waals surface area contributed by atoms with Gasteiger partial charge in [0.15, 0.2) is 0 Å². The first-order chi connectivity index (χ1) is 5.87. The fourth-order valence-electron chi connectivity index (χ4n) is 4.58. The highest BCUT2D eigenvalue weighted by Gasteiger charge is 2.58. The molecule has 1 nitrogen and oxygen atoms in total. The van der Waals surface area contributed by atoms with Gasteiger partial charge in [-0.05, 0) is 56.9 Å². The Kier molecular flexibility index (Phi) is 2.36. The van der Waals surface area contributed by atoms with Gasteiger partial charge in [-0.15, -0.1) is 12.4 Å². The Labute approximate surface area is 87.1 Å². The smallest absolute Gasteiger partial charge is 0.0237 e. The van der Waals surface area contributed by atoms with Crippen LogP contribution in [0.25, 0.3) is 0 Å². The molecule has 0 aromatic rings. The van der Waals surface area contributed by atoms with Gasteiger partial charge in [0.25, 0.3) is 0 Å². The third-order valence-corrected chi connectivity index (χ3v) is 5.00. The van der Waals surface area contributed by atoms with Crippen molar-refractivity contribution >= 4 is 12.4 Å². The van der Waals surface area contributed by atoms with Crippen LogP contribution in [-0.2, 0) is 0 Å². The highest BCUT2D eigenvalue weighted by molar-refractivity contribution is 5.85. The van der Waals surface area contributed by atoms with E-state index in [2.05, 4.69) is 12.4 Å². The fourth-order valence-corrected chi connectivity index (χ4v) is 4.58. The van der Waals surface area contributed by atoms with E-state index in [1.54, 1.807) is 12.8 Å². The van der Waals surface area contributed by atoms with Crippen LogP contribution in [0.2, 0.25) is 0 Å². The van der Waals surface area contributed by atoms with Crippen LogP contribution in [0.4, 0.5) is 0 Å². The van der Waals surface area contributed by atoms with E-state index in [1.807, 2.05) is 0 Å². The van der Waals surface area contributed by atoms with Crippen LogP contribution < -0.4 is 5.32 Å². The molecule has 0 aromatic heterocycles. The number of halogens is 1. The molecular formula is C11H20ClN. The molecule has 0 amide bonds. The summed E-state index contributed by atoms with van der Waals surface area (Å²) in [6, 6.07) is 0. The normalized spacial score (nSPS) is 51.9. The van der Waals surface area contributed by atoms with Crippen molar-refractivity contribution in [2.75, 3.05) is 7.05 Å². The summed E-state index contributed by atoms with van der Waals surface area (Å²) in [5, 5.41) is 3.67. The number of hydrogen-bond acceptors (Lipinski definition) is 1. The minimum Gasteiger partial charge on any atom is -0.314 e. The number of hydrogen-bond donors (Lipinski definition) is 1. The van der Waals surface area contributed by atoms with E-state index >= 15 is 0 Å². The Hall–Kier alpha value is 0.250. The van der Waals surface area contributed by atoms with Crippen LogP contribution in [0.5, 0.6) is 0 Å². The first kappa shape index (κ1) is 9.79.